The number of methoxy groups -OCH3 is 1. The molecule has 41 heavy (non-hydrogen) atoms. The van der Waals surface area contributed by atoms with Crippen molar-refractivity contribution < 1.29 is 37.4 Å². The predicted octanol–water partition coefficient (Wildman–Crippen LogP) is 4.01. The van der Waals surface area contributed by atoms with Crippen molar-refractivity contribution in [1.82, 2.24) is 29.7 Å². The van der Waals surface area contributed by atoms with Gasteiger partial charge in [-0.1, -0.05) is 0 Å². The van der Waals surface area contributed by atoms with Gasteiger partial charge in [0.15, 0.2) is 11.3 Å². The number of carboxylic acids is 1. The van der Waals surface area contributed by atoms with Crippen LogP contribution in [-0.4, -0.2) is 56.2 Å². The molecule has 3 fully saturated rings. The number of nitrogens with one attached hydrogen (secondary N) is 2. The number of pyridine rings is 1. The van der Waals surface area contributed by atoms with E-state index in [0.29, 0.717) is 17.8 Å². The molecular weight excluding hydrogens is 569 g/mol. The maximum absolute atomic E-state index is 12.8. The molecule has 0 aromatic carbocycles. The number of rotatable bonds is 7. The highest BCUT2D eigenvalue weighted by Gasteiger charge is 2.53. The summed E-state index contributed by atoms with van der Waals surface area (Å²) < 4.78 is 42.6. The molecule has 0 atom stereocenters. The summed E-state index contributed by atoms with van der Waals surface area (Å²) in [5.74, 6) is -1.71. The summed E-state index contributed by atoms with van der Waals surface area (Å²) in [6.45, 7) is 0.656. The fraction of sp³-hybridized carbons (Fsp3) is 0.462. The van der Waals surface area contributed by atoms with Gasteiger partial charge in [0.1, 0.15) is 11.4 Å². The minimum absolute atomic E-state index is 0.0304. The summed E-state index contributed by atoms with van der Waals surface area (Å²) in [6.07, 6.45) is 3.07. The topological polar surface area (TPSA) is 148 Å². The number of fused-ring (bicyclic) bond motifs is 4. The number of carbonyl (C=O) groups excluding carboxylic acids is 2. The van der Waals surface area contributed by atoms with Gasteiger partial charge in [-0.25, -0.2) is 19.1 Å². The molecule has 2 bridgehead atoms. The quantitative estimate of drug-likeness (QED) is 0.272. The Morgan fingerprint density at radius 1 is 1.10 bits per heavy atom. The van der Waals surface area contributed by atoms with Crippen LogP contribution in [0.4, 0.5) is 13.2 Å². The van der Waals surface area contributed by atoms with Crippen molar-refractivity contribution >= 4 is 35.3 Å². The van der Waals surface area contributed by atoms with Crippen LogP contribution in [0.15, 0.2) is 36.7 Å². The zero-order valence-electron chi connectivity index (χ0n) is 22.0. The fourth-order valence-corrected chi connectivity index (χ4v) is 5.56. The minimum atomic E-state index is -4.40. The summed E-state index contributed by atoms with van der Waals surface area (Å²) in [4.78, 5) is 45.6. The maximum atomic E-state index is 12.8. The summed E-state index contributed by atoms with van der Waals surface area (Å²) >= 11 is 5.15. The van der Waals surface area contributed by atoms with Gasteiger partial charge < -0.3 is 15.2 Å². The molecule has 3 aromatic rings. The molecule has 3 aliphatic rings. The number of esters is 1. The first-order valence-electron chi connectivity index (χ1n) is 12.7. The van der Waals surface area contributed by atoms with Gasteiger partial charge in [0.2, 0.25) is 0 Å². The number of alkyl halides is 3. The maximum Gasteiger partial charge on any atom is 0.433 e. The van der Waals surface area contributed by atoms with Gasteiger partial charge in [-0.3, -0.25) is 14.6 Å². The normalized spacial score (nSPS) is 21.6. The Balaban J connectivity index is 0.000000251. The molecule has 0 unspecified atom stereocenters. The lowest BCUT2D eigenvalue weighted by molar-refractivity contribution is -0.162. The second-order valence-corrected chi connectivity index (χ2v) is 10.5. The van der Waals surface area contributed by atoms with Crippen molar-refractivity contribution in [1.29, 1.82) is 0 Å². The lowest BCUT2D eigenvalue weighted by Crippen LogP contribution is -2.50. The number of aromatic nitrogens is 4. The molecule has 3 saturated carbocycles. The van der Waals surface area contributed by atoms with Crippen molar-refractivity contribution in [2.75, 3.05) is 13.7 Å². The number of carbonyl (C=O) groups is 3. The Morgan fingerprint density at radius 2 is 1.78 bits per heavy atom. The highest BCUT2D eigenvalue weighted by atomic mass is 35.5. The molecule has 0 spiro atoms. The van der Waals surface area contributed by atoms with Gasteiger partial charge in [-0.15, -0.1) is 0 Å². The highest BCUT2D eigenvalue weighted by Crippen LogP contribution is 2.57. The third-order valence-electron chi connectivity index (χ3n) is 7.84. The largest absolute Gasteiger partial charge is 0.477 e. The van der Waals surface area contributed by atoms with E-state index in [9.17, 15) is 32.7 Å². The lowest BCUT2D eigenvalue weighted by atomic mass is 9.53. The Bertz CT molecular complexity index is 1420. The molecule has 220 valence electrons. The number of nitrogens with zero attached hydrogens (tertiary/aromatic N) is 4. The van der Waals surface area contributed by atoms with E-state index in [1.807, 2.05) is 0 Å². The smallest absolute Gasteiger partial charge is 0.433 e. The SMILES string of the molecule is COC(=O)C12CCC(CNC(=O)c3cc(C(=O)O)nc4ccnn34)(CC1)CC2.FC(F)(F)c1cc(CNCl)ccn1. The predicted molar refractivity (Wildman–Crippen MR) is 139 cm³/mol. The molecular formula is C26H28ClF3N6O5. The van der Waals surface area contributed by atoms with Gasteiger partial charge >= 0.3 is 18.1 Å². The molecule has 0 radical (unpaired) electrons. The number of halogens is 4. The van der Waals surface area contributed by atoms with E-state index in [1.165, 1.54) is 30.0 Å². The van der Waals surface area contributed by atoms with Crippen molar-refractivity contribution in [3.05, 3.63) is 59.3 Å². The number of ether oxygens (including phenoxy) is 1. The zero-order valence-corrected chi connectivity index (χ0v) is 22.8. The monoisotopic (exact) mass is 596 g/mol. The average Bonchev–Trinajstić information content (AvgIpc) is 3.45. The van der Waals surface area contributed by atoms with Crippen LogP contribution in [0.1, 0.15) is 70.8 Å². The third-order valence-corrected chi connectivity index (χ3v) is 7.97. The van der Waals surface area contributed by atoms with Crippen LogP contribution in [0.2, 0.25) is 0 Å². The van der Waals surface area contributed by atoms with Crippen LogP contribution in [0.25, 0.3) is 5.65 Å². The van der Waals surface area contributed by atoms with Crippen LogP contribution in [0, 0.1) is 10.8 Å². The molecule has 1 amide bonds. The lowest BCUT2D eigenvalue weighted by Gasteiger charge is -2.51. The standard InChI is InChI=1S/C19H22N4O5.C7H6ClF3N2/c1-28-17(27)19-6-3-18(4-7-19,5-8-19)11-20-15(24)13-10-12(16(25)26)22-14-2-9-21-23(13)14;8-13-4-5-1-2-12-6(3-5)7(9,10)11/h2,9-10H,3-8,11H2,1H3,(H,20,24)(H,25,26);1-3,13H,4H2. The van der Waals surface area contributed by atoms with Gasteiger partial charge in [0.05, 0.1) is 18.7 Å². The Morgan fingerprint density at radius 3 is 2.37 bits per heavy atom. The minimum Gasteiger partial charge on any atom is -0.477 e. The molecule has 3 N–H and O–H groups in total. The summed E-state index contributed by atoms with van der Waals surface area (Å²) in [5.41, 5.74) is -0.606. The molecule has 0 aliphatic heterocycles. The highest BCUT2D eigenvalue weighted by molar-refractivity contribution is 6.13. The number of hydrogen-bond acceptors (Lipinski definition) is 8. The van der Waals surface area contributed by atoms with Gasteiger partial charge in [-0.2, -0.15) is 18.3 Å². The van der Waals surface area contributed by atoms with Crippen LogP contribution in [-0.2, 0) is 22.3 Å². The van der Waals surface area contributed by atoms with E-state index in [4.69, 9.17) is 16.5 Å². The fourth-order valence-electron chi connectivity index (χ4n) is 5.41. The molecule has 11 nitrogen and oxygen atoms in total. The average molecular weight is 597 g/mol. The number of carboxylic acid groups (broad SMARTS) is 1. The van der Waals surface area contributed by atoms with E-state index in [-0.39, 0.29) is 40.6 Å². The van der Waals surface area contributed by atoms with Crippen LogP contribution < -0.4 is 10.2 Å². The van der Waals surface area contributed by atoms with Crippen molar-refractivity contribution in [2.45, 2.75) is 51.2 Å². The Hall–Kier alpha value is -3.78. The van der Waals surface area contributed by atoms with Crippen molar-refractivity contribution in [3.63, 3.8) is 0 Å². The van der Waals surface area contributed by atoms with Crippen LogP contribution in [0.5, 0.6) is 0 Å². The third kappa shape index (κ3) is 6.59. The number of aromatic carboxylic acids is 1. The Labute approximate surface area is 237 Å². The van der Waals surface area contributed by atoms with Crippen molar-refractivity contribution in [2.24, 2.45) is 10.8 Å². The van der Waals surface area contributed by atoms with E-state index < -0.39 is 17.8 Å². The van der Waals surface area contributed by atoms with E-state index in [0.717, 1.165) is 50.8 Å². The zero-order chi connectivity index (χ0) is 29.8. The van der Waals surface area contributed by atoms with E-state index in [1.54, 1.807) is 6.07 Å². The second kappa shape index (κ2) is 12.0. The van der Waals surface area contributed by atoms with E-state index in [2.05, 4.69) is 25.2 Å². The molecule has 15 heteroatoms. The molecule has 3 aromatic heterocycles. The first-order chi connectivity index (χ1) is 19.4. The second-order valence-electron chi connectivity index (χ2n) is 10.2. The Kier molecular flexibility index (Phi) is 8.83. The number of hydrogen-bond donors (Lipinski definition) is 3. The summed E-state index contributed by atoms with van der Waals surface area (Å²) in [6, 6.07) is 5.20. The van der Waals surface area contributed by atoms with Gasteiger partial charge in [0, 0.05) is 31.4 Å². The first-order valence-corrected chi connectivity index (χ1v) is 13.1. The molecule has 0 saturated heterocycles. The van der Waals surface area contributed by atoms with Crippen molar-refractivity contribution in [3.8, 4) is 0 Å². The van der Waals surface area contributed by atoms with Gasteiger partial charge in [-0.05, 0) is 73.4 Å². The van der Waals surface area contributed by atoms with Crippen LogP contribution >= 0.6 is 11.8 Å². The summed E-state index contributed by atoms with van der Waals surface area (Å²) in [7, 11) is 1.43. The van der Waals surface area contributed by atoms with E-state index >= 15 is 0 Å². The first kappa shape index (κ1) is 30.2. The molecule has 6 rings (SSSR count). The molecule has 3 heterocycles. The van der Waals surface area contributed by atoms with Crippen LogP contribution in [0.3, 0.4) is 0 Å². The molecule has 3 aliphatic carbocycles. The summed E-state index contributed by atoms with van der Waals surface area (Å²) in [5, 5.41) is 16.3. The van der Waals surface area contributed by atoms with Gasteiger partial charge in [0.25, 0.3) is 5.91 Å². The number of amides is 1.